The number of pyridine rings is 1. The third kappa shape index (κ3) is 1.69. The Morgan fingerprint density at radius 2 is 1.42 bits per heavy atom. The molecule has 1 aromatic heterocycles. The van der Waals surface area contributed by atoms with E-state index in [0.717, 1.165) is 33.2 Å². The van der Waals surface area contributed by atoms with Crippen LogP contribution in [-0.4, -0.2) is 8.97 Å². The average Bonchev–Trinajstić information content (AvgIpc) is 2.93. The summed E-state index contributed by atoms with van der Waals surface area (Å²) < 4.78 is 3.93. The van der Waals surface area contributed by atoms with E-state index in [2.05, 4.69) is 16.5 Å². The van der Waals surface area contributed by atoms with Gasteiger partial charge in [-0.1, -0.05) is 54.6 Å². The zero-order valence-electron chi connectivity index (χ0n) is 12.9. The first-order valence-electron chi connectivity index (χ1n) is 7.93. The fourth-order valence-corrected chi connectivity index (χ4v) is 3.49. The zero-order valence-corrected chi connectivity index (χ0v) is 12.9. The van der Waals surface area contributed by atoms with Crippen molar-refractivity contribution in [3.63, 3.8) is 0 Å². The monoisotopic (exact) mass is 310 g/mol. The number of nitrogens with zero attached hydrogens (tertiary/aromatic N) is 2. The van der Waals surface area contributed by atoms with Crippen molar-refractivity contribution in [2.45, 2.75) is 0 Å². The van der Waals surface area contributed by atoms with Crippen LogP contribution < -0.4 is 5.56 Å². The predicted octanol–water partition coefficient (Wildman–Crippen LogP) is 4.35. The van der Waals surface area contributed by atoms with Crippen LogP contribution >= 0.6 is 0 Å². The van der Waals surface area contributed by atoms with Crippen molar-refractivity contribution in [3.8, 4) is 16.9 Å². The molecule has 0 fully saturated rings. The Balaban J connectivity index is 2.11. The van der Waals surface area contributed by atoms with Crippen LogP contribution in [0.15, 0.2) is 90.0 Å². The second-order valence-electron chi connectivity index (χ2n) is 5.91. The highest BCUT2D eigenvalue weighted by Crippen LogP contribution is 2.33. The van der Waals surface area contributed by atoms with Gasteiger partial charge in [0.15, 0.2) is 0 Å². The highest BCUT2D eigenvalue weighted by molar-refractivity contribution is 5.97. The number of aromatic nitrogens is 2. The Bertz CT molecular complexity index is 1220. The van der Waals surface area contributed by atoms with Gasteiger partial charge in [0.1, 0.15) is 0 Å². The molecule has 5 rings (SSSR count). The molecule has 3 heteroatoms. The molecule has 3 nitrogen and oxygen atoms in total. The summed E-state index contributed by atoms with van der Waals surface area (Å²) in [6, 6.07) is 24.1. The van der Waals surface area contributed by atoms with Gasteiger partial charge in [-0.05, 0) is 18.2 Å². The van der Waals surface area contributed by atoms with Crippen molar-refractivity contribution < 1.29 is 0 Å². The van der Waals surface area contributed by atoms with Crippen LogP contribution in [0.1, 0.15) is 0 Å². The van der Waals surface area contributed by atoms with Crippen LogP contribution in [0.3, 0.4) is 0 Å². The molecule has 2 aliphatic heterocycles. The molecule has 0 spiro atoms. The molecule has 24 heavy (non-hydrogen) atoms. The molecular formula is C21H14N2O. The summed E-state index contributed by atoms with van der Waals surface area (Å²) in [5.41, 5.74) is 4.09. The van der Waals surface area contributed by atoms with Gasteiger partial charge >= 0.3 is 0 Å². The predicted molar refractivity (Wildman–Crippen MR) is 97.1 cm³/mol. The summed E-state index contributed by atoms with van der Waals surface area (Å²) >= 11 is 0. The summed E-state index contributed by atoms with van der Waals surface area (Å²) in [5.74, 6) is 0. The zero-order chi connectivity index (χ0) is 16.1. The van der Waals surface area contributed by atoms with Gasteiger partial charge in [0.05, 0.1) is 16.9 Å². The van der Waals surface area contributed by atoms with E-state index in [-0.39, 0.29) is 5.56 Å². The van der Waals surface area contributed by atoms with E-state index >= 15 is 0 Å². The first-order chi connectivity index (χ1) is 11.8. The minimum atomic E-state index is 0.0316. The molecular weight excluding hydrogens is 296 g/mol. The molecule has 0 aliphatic carbocycles. The third-order valence-corrected chi connectivity index (χ3v) is 4.54. The highest BCUT2D eigenvalue weighted by Gasteiger charge is 2.20. The van der Waals surface area contributed by atoms with Gasteiger partial charge in [0, 0.05) is 28.7 Å². The molecule has 0 saturated carbocycles. The minimum Gasteiger partial charge on any atom is -0.313 e. The molecule has 0 atom stereocenters. The Morgan fingerprint density at radius 1 is 0.708 bits per heavy atom. The van der Waals surface area contributed by atoms with E-state index in [1.165, 1.54) is 0 Å². The van der Waals surface area contributed by atoms with E-state index in [1.54, 1.807) is 4.57 Å². The average molecular weight is 310 g/mol. The normalized spacial score (nSPS) is 11.5. The Labute approximate surface area is 138 Å². The van der Waals surface area contributed by atoms with Crippen LogP contribution in [0, 0.1) is 0 Å². The molecule has 3 heterocycles. The second kappa shape index (κ2) is 4.83. The summed E-state index contributed by atoms with van der Waals surface area (Å²) in [7, 11) is 0. The first-order valence-corrected chi connectivity index (χ1v) is 7.93. The van der Waals surface area contributed by atoms with E-state index in [0.29, 0.717) is 0 Å². The van der Waals surface area contributed by atoms with Gasteiger partial charge in [0.2, 0.25) is 0 Å². The molecule has 0 unspecified atom stereocenters. The molecule has 0 saturated heterocycles. The maximum absolute atomic E-state index is 12.9. The second-order valence-corrected chi connectivity index (χ2v) is 5.91. The lowest BCUT2D eigenvalue weighted by atomic mass is 10.1. The Kier molecular flexibility index (Phi) is 2.65. The molecule has 3 aromatic rings. The SMILES string of the molecule is O=c1c2ccccc2c2c(-c3ccccc3)n3ccccc3cn1-2. The standard InChI is InChI=1S/C21H14N2O/c24-21-18-12-5-4-11-17(18)20-19(15-8-2-1-3-9-15)22-13-7-6-10-16(22)14-23(20)21/h1-14H. The molecule has 2 aromatic carbocycles. The van der Waals surface area contributed by atoms with Crippen LogP contribution in [0.4, 0.5) is 0 Å². The van der Waals surface area contributed by atoms with Crippen molar-refractivity contribution in [3.05, 3.63) is 95.5 Å². The third-order valence-electron chi connectivity index (χ3n) is 4.54. The van der Waals surface area contributed by atoms with Crippen molar-refractivity contribution in [1.29, 1.82) is 0 Å². The summed E-state index contributed by atoms with van der Waals surface area (Å²) in [4.78, 5) is 12.9. The van der Waals surface area contributed by atoms with Gasteiger partial charge in [0.25, 0.3) is 5.56 Å². The summed E-state index contributed by atoms with van der Waals surface area (Å²) in [6.07, 6.45) is 3.97. The lowest BCUT2D eigenvalue weighted by molar-refractivity contribution is 0.990. The minimum absolute atomic E-state index is 0.0316. The number of rotatable bonds is 1. The van der Waals surface area contributed by atoms with E-state index in [1.807, 2.05) is 73.1 Å². The van der Waals surface area contributed by atoms with Crippen molar-refractivity contribution in [2.75, 3.05) is 0 Å². The van der Waals surface area contributed by atoms with Gasteiger partial charge in [-0.2, -0.15) is 0 Å². The van der Waals surface area contributed by atoms with Crippen LogP contribution in [0.25, 0.3) is 33.2 Å². The van der Waals surface area contributed by atoms with E-state index in [4.69, 9.17) is 0 Å². The topological polar surface area (TPSA) is 26.4 Å². The summed E-state index contributed by atoms with van der Waals surface area (Å²) in [6.45, 7) is 0. The van der Waals surface area contributed by atoms with Gasteiger partial charge in [-0.3, -0.25) is 9.36 Å². The van der Waals surface area contributed by atoms with Crippen LogP contribution in [-0.2, 0) is 0 Å². The summed E-state index contributed by atoms with van der Waals surface area (Å²) in [5, 5.41) is 1.74. The number of hydrogen-bond donors (Lipinski definition) is 0. The van der Waals surface area contributed by atoms with Gasteiger partial charge in [-0.15, -0.1) is 0 Å². The molecule has 2 aliphatic rings. The van der Waals surface area contributed by atoms with Gasteiger partial charge in [-0.25, -0.2) is 0 Å². The smallest absolute Gasteiger partial charge is 0.263 e. The lowest BCUT2D eigenvalue weighted by Crippen LogP contribution is -2.14. The maximum Gasteiger partial charge on any atom is 0.263 e. The lowest BCUT2D eigenvalue weighted by Gasteiger charge is -2.16. The molecule has 114 valence electrons. The Morgan fingerprint density at radius 3 is 2.25 bits per heavy atom. The number of hydrogen-bond acceptors (Lipinski definition) is 1. The molecule has 0 N–H and O–H groups in total. The molecule has 0 amide bonds. The van der Waals surface area contributed by atoms with Crippen molar-refractivity contribution >= 4 is 16.3 Å². The number of fused-ring (bicyclic) bond motifs is 4. The fraction of sp³-hybridized carbons (Fsp3) is 0. The fourth-order valence-electron chi connectivity index (χ4n) is 3.49. The van der Waals surface area contributed by atoms with E-state index < -0.39 is 0 Å². The van der Waals surface area contributed by atoms with Crippen LogP contribution in [0.2, 0.25) is 0 Å². The number of benzene rings is 2. The molecule has 0 radical (unpaired) electrons. The van der Waals surface area contributed by atoms with Crippen molar-refractivity contribution in [1.82, 2.24) is 8.97 Å². The maximum atomic E-state index is 12.9. The largest absolute Gasteiger partial charge is 0.313 e. The van der Waals surface area contributed by atoms with Gasteiger partial charge < -0.3 is 4.40 Å². The molecule has 0 bridgehead atoms. The van der Waals surface area contributed by atoms with E-state index in [9.17, 15) is 4.79 Å². The quantitative estimate of drug-likeness (QED) is 0.452. The van der Waals surface area contributed by atoms with Crippen molar-refractivity contribution in [2.24, 2.45) is 0 Å². The highest BCUT2D eigenvalue weighted by atomic mass is 16.1. The van der Waals surface area contributed by atoms with Crippen LogP contribution in [0.5, 0.6) is 0 Å². The first kappa shape index (κ1) is 13.1. The Hall–Kier alpha value is -3.33.